The Hall–Kier alpha value is -1.63. The summed E-state index contributed by atoms with van der Waals surface area (Å²) < 4.78 is 0. The van der Waals surface area contributed by atoms with Gasteiger partial charge >= 0.3 is 0 Å². The van der Waals surface area contributed by atoms with Gasteiger partial charge in [-0.15, -0.1) is 0 Å². The van der Waals surface area contributed by atoms with Crippen LogP contribution < -0.4 is 0 Å². The van der Waals surface area contributed by atoms with E-state index in [-0.39, 0.29) is 30.9 Å². The van der Waals surface area contributed by atoms with Crippen molar-refractivity contribution in [3.8, 4) is 0 Å². The molecule has 7 nitrogen and oxygen atoms in total. The first-order valence-corrected chi connectivity index (χ1v) is 5.90. The Morgan fingerprint density at radius 3 is 2.61 bits per heavy atom. The Balaban J connectivity index is 2.21. The van der Waals surface area contributed by atoms with E-state index in [4.69, 9.17) is 0 Å². The summed E-state index contributed by atoms with van der Waals surface area (Å²) in [6, 6.07) is 0.0719. The highest BCUT2D eigenvalue weighted by Gasteiger charge is 2.36. The zero-order valence-corrected chi connectivity index (χ0v) is 10.8. The van der Waals surface area contributed by atoms with Crippen LogP contribution in [0.4, 0.5) is 0 Å². The van der Waals surface area contributed by atoms with E-state index < -0.39 is 6.23 Å². The predicted octanol–water partition coefficient (Wildman–Crippen LogP) is -1.66. The maximum atomic E-state index is 11.7. The fourth-order valence-electron chi connectivity index (χ4n) is 2.22. The van der Waals surface area contributed by atoms with E-state index >= 15 is 0 Å². The lowest BCUT2D eigenvalue weighted by atomic mass is 10.1. The van der Waals surface area contributed by atoms with Crippen molar-refractivity contribution in [1.29, 1.82) is 0 Å². The lowest BCUT2D eigenvalue weighted by Crippen LogP contribution is -2.61. The number of aliphatic hydroxyl groups is 1. The van der Waals surface area contributed by atoms with Crippen molar-refractivity contribution >= 4 is 17.6 Å². The number of carbonyl (C=O) groups excluding carboxylic acids is 2. The molecule has 7 heteroatoms. The molecule has 0 spiro atoms. The van der Waals surface area contributed by atoms with E-state index in [1.54, 1.807) is 16.8 Å². The minimum absolute atomic E-state index is 0.0115. The molecule has 1 N–H and O–H groups in total. The Morgan fingerprint density at radius 2 is 1.94 bits per heavy atom. The maximum absolute atomic E-state index is 11.7. The van der Waals surface area contributed by atoms with Gasteiger partial charge < -0.3 is 19.8 Å². The van der Waals surface area contributed by atoms with Crippen molar-refractivity contribution < 1.29 is 14.7 Å². The van der Waals surface area contributed by atoms with Crippen LogP contribution in [0.3, 0.4) is 0 Å². The van der Waals surface area contributed by atoms with Crippen molar-refractivity contribution in [3.63, 3.8) is 0 Å². The monoisotopic (exact) mass is 254 g/mol. The third-order valence-corrected chi connectivity index (χ3v) is 3.46. The molecule has 2 rings (SSSR count). The van der Waals surface area contributed by atoms with Crippen LogP contribution in [0.1, 0.15) is 6.92 Å². The summed E-state index contributed by atoms with van der Waals surface area (Å²) in [5, 5.41) is 10.0. The van der Waals surface area contributed by atoms with Gasteiger partial charge in [0.2, 0.25) is 11.8 Å². The molecule has 100 valence electrons. The normalized spacial score (nSPS) is 29.8. The van der Waals surface area contributed by atoms with E-state index in [1.165, 1.54) is 11.9 Å². The molecule has 0 aromatic heterocycles. The van der Waals surface area contributed by atoms with Crippen LogP contribution in [-0.4, -0.2) is 83.5 Å². The van der Waals surface area contributed by atoms with Gasteiger partial charge in [0.1, 0.15) is 6.54 Å². The van der Waals surface area contributed by atoms with Crippen molar-refractivity contribution in [2.45, 2.75) is 19.2 Å². The molecule has 2 aliphatic rings. The van der Waals surface area contributed by atoms with Crippen LogP contribution >= 0.6 is 0 Å². The largest absolute Gasteiger partial charge is 0.367 e. The van der Waals surface area contributed by atoms with Gasteiger partial charge in [0, 0.05) is 26.7 Å². The van der Waals surface area contributed by atoms with Crippen LogP contribution in [0.25, 0.3) is 0 Å². The molecule has 0 aliphatic carbocycles. The average Bonchev–Trinajstić information content (AvgIpc) is 2.32. The van der Waals surface area contributed by atoms with Gasteiger partial charge in [-0.1, -0.05) is 0 Å². The van der Waals surface area contributed by atoms with Crippen molar-refractivity contribution in [3.05, 3.63) is 0 Å². The van der Waals surface area contributed by atoms with Crippen LogP contribution in [-0.2, 0) is 9.59 Å². The number of hydrogen-bond acceptors (Lipinski definition) is 5. The molecule has 1 fully saturated rings. The molecule has 2 heterocycles. The Morgan fingerprint density at radius 1 is 1.28 bits per heavy atom. The van der Waals surface area contributed by atoms with E-state index in [2.05, 4.69) is 4.99 Å². The number of carbonyl (C=O) groups is 2. The van der Waals surface area contributed by atoms with Crippen LogP contribution in [0.5, 0.6) is 0 Å². The number of likely N-dealkylation sites (N-methyl/N-ethyl adjacent to an activating group) is 2. The lowest BCUT2D eigenvalue weighted by molar-refractivity contribution is -0.136. The second-order valence-corrected chi connectivity index (χ2v) is 4.80. The smallest absolute Gasteiger partial charge is 0.246 e. The molecule has 2 unspecified atom stereocenters. The zero-order valence-electron chi connectivity index (χ0n) is 10.8. The van der Waals surface area contributed by atoms with Crippen molar-refractivity contribution in [2.24, 2.45) is 4.99 Å². The van der Waals surface area contributed by atoms with Crippen LogP contribution in [0.2, 0.25) is 0 Å². The first-order valence-electron chi connectivity index (χ1n) is 5.90. The quantitative estimate of drug-likeness (QED) is 0.561. The third-order valence-electron chi connectivity index (χ3n) is 3.46. The molecule has 2 amide bonds. The highest BCUT2D eigenvalue weighted by atomic mass is 16.3. The van der Waals surface area contributed by atoms with E-state index in [1.807, 2.05) is 6.92 Å². The summed E-state index contributed by atoms with van der Waals surface area (Å²) >= 11 is 0. The van der Waals surface area contributed by atoms with Gasteiger partial charge in [-0.05, 0) is 6.92 Å². The van der Waals surface area contributed by atoms with E-state index in [0.717, 1.165) is 0 Å². The highest BCUT2D eigenvalue weighted by Crippen LogP contribution is 2.15. The molecule has 0 bridgehead atoms. The highest BCUT2D eigenvalue weighted by molar-refractivity contribution is 5.97. The number of aliphatic hydroxyl groups excluding tert-OH is 1. The minimum atomic E-state index is -1.06. The Bertz CT molecular complexity index is 409. The topological polar surface area (TPSA) is 76.5 Å². The van der Waals surface area contributed by atoms with Crippen molar-refractivity contribution in [2.75, 3.05) is 33.7 Å². The number of piperazine rings is 1. The predicted molar refractivity (Wildman–Crippen MR) is 64.9 cm³/mol. The van der Waals surface area contributed by atoms with Gasteiger partial charge in [-0.2, -0.15) is 0 Å². The SMILES string of the molecule is CC1CN(C)C(=O)CN1C1=NCC(=O)N(C)C1O. The molecule has 2 aliphatic heterocycles. The molecule has 1 saturated heterocycles. The van der Waals surface area contributed by atoms with E-state index in [9.17, 15) is 14.7 Å². The standard InChI is InChI=1S/C11H18N4O3/c1-7-5-13(2)9(17)6-15(7)10-11(18)14(3)8(16)4-12-10/h7,11,18H,4-6H2,1-3H3. The molecule has 2 atom stereocenters. The van der Waals surface area contributed by atoms with Crippen molar-refractivity contribution in [1.82, 2.24) is 14.7 Å². The second-order valence-electron chi connectivity index (χ2n) is 4.80. The lowest BCUT2D eigenvalue weighted by Gasteiger charge is -2.42. The number of amides is 2. The Kier molecular flexibility index (Phi) is 3.25. The second kappa shape index (κ2) is 4.56. The number of rotatable bonds is 0. The molecule has 0 aromatic rings. The fourth-order valence-corrected chi connectivity index (χ4v) is 2.22. The summed E-state index contributed by atoms with van der Waals surface area (Å²) in [5.74, 6) is 0.174. The fraction of sp³-hybridized carbons (Fsp3) is 0.727. The summed E-state index contributed by atoms with van der Waals surface area (Å²) in [6.45, 7) is 2.77. The molecule has 0 radical (unpaired) electrons. The van der Waals surface area contributed by atoms with Gasteiger partial charge in [0.05, 0.1) is 6.54 Å². The molecule has 0 aromatic carbocycles. The molecule has 18 heavy (non-hydrogen) atoms. The summed E-state index contributed by atoms with van der Waals surface area (Å²) in [7, 11) is 3.29. The minimum Gasteiger partial charge on any atom is -0.367 e. The van der Waals surface area contributed by atoms with Gasteiger partial charge in [-0.3, -0.25) is 14.6 Å². The molecular formula is C11H18N4O3. The van der Waals surface area contributed by atoms with Gasteiger partial charge in [-0.25, -0.2) is 0 Å². The first-order chi connectivity index (χ1) is 8.41. The molecule has 0 saturated carbocycles. The summed E-state index contributed by atoms with van der Waals surface area (Å²) in [5.41, 5.74) is 0. The van der Waals surface area contributed by atoms with Gasteiger partial charge in [0.25, 0.3) is 0 Å². The first kappa shape index (κ1) is 12.8. The van der Waals surface area contributed by atoms with Gasteiger partial charge in [0.15, 0.2) is 12.1 Å². The number of nitrogens with zero attached hydrogens (tertiary/aromatic N) is 4. The maximum Gasteiger partial charge on any atom is 0.246 e. The number of hydrogen-bond donors (Lipinski definition) is 1. The molecular weight excluding hydrogens is 236 g/mol. The average molecular weight is 254 g/mol. The third kappa shape index (κ3) is 2.05. The van der Waals surface area contributed by atoms with E-state index in [0.29, 0.717) is 12.4 Å². The number of amidine groups is 1. The summed E-state index contributed by atoms with van der Waals surface area (Å²) in [4.78, 5) is 31.9. The van der Waals surface area contributed by atoms with Crippen LogP contribution in [0.15, 0.2) is 4.99 Å². The van der Waals surface area contributed by atoms with Crippen LogP contribution in [0, 0.1) is 0 Å². The summed E-state index contributed by atoms with van der Waals surface area (Å²) in [6.07, 6.45) is -1.06. The number of aliphatic imine (C=N–C) groups is 1. The Labute approximate surface area is 106 Å². The zero-order chi connectivity index (χ0) is 13.4.